The number of nitrogens with one attached hydrogen (secondary N) is 1. The second-order valence-electron chi connectivity index (χ2n) is 4.55. The molecule has 3 N–H and O–H groups in total. The summed E-state index contributed by atoms with van der Waals surface area (Å²) in [6, 6.07) is 3.70. The van der Waals surface area contributed by atoms with Crippen LogP contribution in [0.15, 0.2) is 12.1 Å². The van der Waals surface area contributed by atoms with Gasteiger partial charge >= 0.3 is 0 Å². The number of anilines is 2. The molecule has 0 spiro atoms. The van der Waals surface area contributed by atoms with Crippen molar-refractivity contribution < 1.29 is 9.47 Å². The van der Waals surface area contributed by atoms with Crippen LogP contribution in [0.1, 0.15) is 19.8 Å². The second-order valence-corrected chi connectivity index (χ2v) is 4.55. The summed E-state index contributed by atoms with van der Waals surface area (Å²) in [6.07, 6.45) is 2.05. The number of rotatable bonds is 6. The van der Waals surface area contributed by atoms with Crippen molar-refractivity contribution in [1.29, 1.82) is 0 Å². The summed E-state index contributed by atoms with van der Waals surface area (Å²) < 4.78 is 10.8. The van der Waals surface area contributed by atoms with E-state index in [0.29, 0.717) is 24.1 Å². The molecule has 1 aromatic heterocycles. The largest absolute Gasteiger partial charge is 0.476 e. The van der Waals surface area contributed by atoms with Crippen molar-refractivity contribution in [3.8, 4) is 5.88 Å². The summed E-state index contributed by atoms with van der Waals surface area (Å²) in [5, 5.41) is 3.30. The highest BCUT2D eigenvalue weighted by Crippen LogP contribution is 2.21. The molecule has 2 heterocycles. The molecule has 1 saturated heterocycles. The van der Waals surface area contributed by atoms with E-state index in [1.54, 1.807) is 0 Å². The summed E-state index contributed by atoms with van der Waals surface area (Å²) >= 11 is 0. The minimum atomic E-state index is 0.518. The Bertz CT molecular complexity index is 378. The van der Waals surface area contributed by atoms with E-state index in [0.717, 1.165) is 38.4 Å². The molecule has 1 unspecified atom stereocenters. The number of ether oxygens (including phenoxy) is 2. The van der Waals surface area contributed by atoms with Crippen molar-refractivity contribution in [3.05, 3.63) is 12.1 Å². The summed E-state index contributed by atoms with van der Waals surface area (Å²) in [7, 11) is 0. The van der Waals surface area contributed by atoms with Crippen LogP contribution in [0.3, 0.4) is 0 Å². The maximum Gasteiger partial charge on any atom is 0.239 e. The average molecular weight is 251 g/mol. The van der Waals surface area contributed by atoms with E-state index in [1.807, 2.05) is 12.1 Å². The SMILES string of the molecule is CCCOc1nc(NCC2CCOC2)ccc1N. The number of aromatic nitrogens is 1. The van der Waals surface area contributed by atoms with E-state index in [1.165, 1.54) is 0 Å². The minimum absolute atomic E-state index is 0.518. The third-order valence-electron chi connectivity index (χ3n) is 2.93. The molecule has 1 fully saturated rings. The number of hydrogen-bond donors (Lipinski definition) is 2. The molecule has 1 atom stereocenters. The Morgan fingerprint density at radius 2 is 2.44 bits per heavy atom. The van der Waals surface area contributed by atoms with Crippen molar-refractivity contribution >= 4 is 11.5 Å². The molecule has 2 rings (SSSR count). The molecule has 1 aliphatic heterocycles. The molecule has 0 amide bonds. The number of nitrogen functional groups attached to an aromatic ring is 1. The molecule has 18 heavy (non-hydrogen) atoms. The van der Waals surface area contributed by atoms with Crippen LogP contribution in [-0.2, 0) is 4.74 Å². The van der Waals surface area contributed by atoms with Crippen molar-refractivity contribution in [2.24, 2.45) is 5.92 Å². The fourth-order valence-corrected chi connectivity index (χ4v) is 1.86. The lowest BCUT2D eigenvalue weighted by Crippen LogP contribution is -2.15. The average Bonchev–Trinajstić information content (AvgIpc) is 2.89. The van der Waals surface area contributed by atoms with Crippen LogP contribution in [0.25, 0.3) is 0 Å². The molecule has 1 aromatic rings. The van der Waals surface area contributed by atoms with Gasteiger partial charge in [0, 0.05) is 19.1 Å². The third kappa shape index (κ3) is 3.50. The quantitative estimate of drug-likeness (QED) is 0.808. The van der Waals surface area contributed by atoms with Crippen LogP contribution >= 0.6 is 0 Å². The van der Waals surface area contributed by atoms with Crippen LogP contribution in [0.5, 0.6) is 5.88 Å². The van der Waals surface area contributed by atoms with Crippen LogP contribution in [0.2, 0.25) is 0 Å². The minimum Gasteiger partial charge on any atom is -0.476 e. The van der Waals surface area contributed by atoms with E-state index in [2.05, 4.69) is 17.2 Å². The Morgan fingerprint density at radius 3 is 3.17 bits per heavy atom. The molecule has 0 aromatic carbocycles. The van der Waals surface area contributed by atoms with Gasteiger partial charge in [0.05, 0.1) is 18.9 Å². The van der Waals surface area contributed by atoms with Crippen LogP contribution < -0.4 is 15.8 Å². The highest BCUT2D eigenvalue weighted by atomic mass is 16.5. The van der Waals surface area contributed by atoms with Gasteiger partial charge in [-0.05, 0) is 25.0 Å². The monoisotopic (exact) mass is 251 g/mol. The third-order valence-corrected chi connectivity index (χ3v) is 2.93. The van der Waals surface area contributed by atoms with Crippen molar-refractivity contribution in [2.45, 2.75) is 19.8 Å². The summed E-state index contributed by atoms with van der Waals surface area (Å²) in [5.41, 5.74) is 6.39. The lowest BCUT2D eigenvalue weighted by Gasteiger charge is -2.12. The van der Waals surface area contributed by atoms with Gasteiger partial charge in [-0.25, -0.2) is 0 Å². The standard InChI is InChI=1S/C13H21N3O2/c1-2-6-18-13-11(14)3-4-12(16-13)15-8-10-5-7-17-9-10/h3-4,10H,2,5-9,14H2,1H3,(H,15,16). The molecule has 100 valence electrons. The van der Waals surface area contributed by atoms with Gasteiger partial charge in [-0.2, -0.15) is 4.98 Å². The van der Waals surface area contributed by atoms with Gasteiger partial charge in [0.1, 0.15) is 5.82 Å². The first-order chi connectivity index (χ1) is 8.79. The smallest absolute Gasteiger partial charge is 0.239 e. The van der Waals surface area contributed by atoms with E-state index in [4.69, 9.17) is 15.2 Å². The van der Waals surface area contributed by atoms with Gasteiger partial charge in [-0.3, -0.25) is 0 Å². The number of pyridine rings is 1. The first-order valence-corrected chi connectivity index (χ1v) is 6.50. The molecule has 0 bridgehead atoms. The zero-order valence-corrected chi connectivity index (χ0v) is 10.8. The molecule has 0 radical (unpaired) electrons. The highest BCUT2D eigenvalue weighted by Gasteiger charge is 2.15. The molecule has 0 saturated carbocycles. The van der Waals surface area contributed by atoms with E-state index in [-0.39, 0.29) is 0 Å². The Hall–Kier alpha value is -1.49. The van der Waals surface area contributed by atoms with Gasteiger partial charge in [0.2, 0.25) is 5.88 Å². The fourth-order valence-electron chi connectivity index (χ4n) is 1.86. The number of nitrogens with zero attached hydrogens (tertiary/aromatic N) is 1. The fraction of sp³-hybridized carbons (Fsp3) is 0.615. The molecule has 1 aliphatic rings. The summed E-state index contributed by atoms with van der Waals surface area (Å²) in [5.74, 6) is 1.90. The normalized spacial score (nSPS) is 18.8. The van der Waals surface area contributed by atoms with Crippen LogP contribution in [-0.4, -0.2) is 31.3 Å². The zero-order chi connectivity index (χ0) is 12.8. The Kier molecular flexibility index (Phi) is 4.64. The maximum absolute atomic E-state index is 5.81. The first kappa shape index (κ1) is 13.0. The molecular weight excluding hydrogens is 230 g/mol. The lowest BCUT2D eigenvalue weighted by atomic mass is 10.1. The first-order valence-electron chi connectivity index (χ1n) is 6.50. The topological polar surface area (TPSA) is 69.4 Å². The van der Waals surface area contributed by atoms with Crippen molar-refractivity contribution in [2.75, 3.05) is 37.4 Å². The number of hydrogen-bond acceptors (Lipinski definition) is 5. The van der Waals surface area contributed by atoms with Crippen molar-refractivity contribution in [1.82, 2.24) is 4.98 Å². The molecular formula is C13H21N3O2. The van der Waals surface area contributed by atoms with Gasteiger partial charge in [-0.1, -0.05) is 6.92 Å². The Labute approximate surface area is 108 Å². The van der Waals surface area contributed by atoms with E-state index in [9.17, 15) is 0 Å². The van der Waals surface area contributed by atoms with Gasteiger partial charge in [-0.15, -0.1) is 0 Å². The Balaban J connectivity index is 1.91. The summed E-state index contributed by atoms with van der Waals surface area (Å²) in [4.78, 5) is 4.37. The maximum atomic E-state index is 5.81. The van der Waals surface area contributed by atoms with E-state index >= 15 is 0 Å². The van der Waals surface area contributed by atoms with Crippen molar-refractivity contribution in [3.63, 3.8) is 0 Å². The van der Waals surface area contributed by atoms with Crippen LogP contribution in [0.4, 0.5) is 11.5 Å². The number of nitrogens with two attached hydrogens (primary N) is 1. The van der Waals surface area contributed by atoms with Gasteiger partial charge in [0.15, 0.2) is 0 Å². The Morgan fingerprint density at radius 1 is 1.56 bits per heavy atom. The van der Waals surface area contributed by atoms with E-state index < -0.39 is 0 Å². The highest BCUT2D eigenvalue weighted by molar-refractivity contribution is 5.53. The molecule has 0 aliphatic carbocycles. The van der Waals surface area contributed by atoms with Gasteiger partial charge in [0.25, 0.3) is 0 Å². The molecule has 5 heteroatoms. The van der Waals surface area contributed by atoms with Gasteiger partial charge < -0.3 is 20.5 Å². The van der Waals surface area contributed by atoms with Crippen LogP contribution in [0, 0.1) is 5.92 Å². The lowest BCUT2D eigenvalue weighted by molar-refractivity contribution is 0.187. The predicted octanol–water partition coefficient (Wildman–Crippen LogP) is 1.90. The zero-order valence-electron chi connectivity index (χ0n) is 10.8. The summed E-state index contributed by atoms with van der Waals surface area (Å²) in [6.45, 7) is 5.27. The predicted molar refractivity (Wildman–Crippen MR) is 71.9 cm³/mol. The second kappa shape index (κ2) is 6.44. The molecule has 5 nitrogen and oxygen atoms in total.